The molecule has 24 heavy (non-hydrogen) atoms. The molecule has 0 unspecified atom stereocenters. The summed E-state index contributed by atoms with van der Waals surface area (Å²) in [4.78, 5) is 24.0. The van der Waals surface area contributed by atoms with Crippen LogP contribution in [0.1, 0.15) is 44.2 Å². The Morgan fingerprint density at radius 3 is 2.33 bits per heavy atom. The number of carbonyl (C=O) groups is 2. The van der Waals surface area contributed by atoms with E-state index in [2.05, 4.69) is 10.6 Å². The maximum Gasteiger partial charge on any atom is 0.316 e. The van der Waals surface area contributed by atoms with Crippen LogP contribution in [0.3, 0.4) is 0 Å². The number of ether oxygens (including phenoxy) is 2. The predicted molar refractivity (Wildman–Crippen MR) is 90.0 cm³/mol. The van der Waals surface area contributed by atoms with Gasteiger partial charge in [0.05, 0.1) is 20.3 Å². The van der Waals surface area contributed by atoms with E-state index in [1.165, 1.54) is 0 Å². The van der Waals surface area contributed by atoms with Gasteiger partial charge in [-0.25, -0.2) is 4.79 Å². The molecule has 1 atom stereocenters. The molecule has 1 aliphatic carbocycles. The van der Waals surface area contributed by atoms with Crippen LogP contribution in [-0.4, -0.2) is 31.7 Å². The normalized spacial score (nSPS) is 17.0. The van der Waals surface area contributed by atoms with Crippen molar-refractivity contribution >= 4 is 11.9 Å². The van der Waals surface area contributed by atoms with Gasteiger partial charge in [-0.15, -0.1) is 0 Å². The monoisotopic (exact) mass is 335 g/mol. The van der Waals surface area contributed by atoms with Crippen molar-refractivity contribution in [2.75, 3.05) is 14.2 Å². The summed E-state index contributed by atoms with van der Waals surface area (Å²) in [6.07, 6.45) is 2.93. The fraction of sp³-hybridized carbons (Fsp3) is 0.529. The molecule has 4 N–H and O–H groups in total. The summed E-state index contributed by atoms with van der Waals surface area (Å²) in [6.45, 7) is 1.85. The van der Waals surface area contributed by atoms with E-state index in [1.54, 1.807) is 20.3 Å². The zero-order valence-corrected chi connectivity index (χ0v) is 14.3. The molecule has 0 bridgehead atoms. The molecule has 7 nitrogen and oxygen atoms in total. The van der Waals surface area contributed by atoms with Gasteiger partial charge in [-0.2, -0.15) is 0 Å². The Bertz CT molecular complexity index is 612. The molecule has 1 aliphatic rings. The average Bonchev–Trinajstić information content (AvgIpc) is 3.03. The molecule has 1 aromatic carbocycles. The first-order chi connectivity index (χ1) is 11.4. The molecule has 0 heterocycles. The molecule has 1 fully saturated rings. The van der Waals surface area contributed by atoms with Crippen molar-refractivity contribution in [3.8, 4) is 11.5 Å². The van der Waals surface area contributed by atoms with Gasteiger partial charge in [0, 0.05) is 0 Å². The molecule has 2 rings (SSSR count). The van der Waals surface area contributed by atoms with Crippen LogP contribution in [0.5, 0.6) is 11.5 Å². The first-order valence-corrected chi connectivity index (χ1v) is 8.02. The van der Waals surface area contributed by atoms with Crippen LogP contribution in [0.2, 0.25) is 0 Å². The summed E-state index contributed by atoms with van der Waals surface area (Å²) < 4.78 is 10.5. The molecule has 0 radical (unpaired) electrons. The van der Waals surface area contributed by atoms with E-state index in [9.17, 15) is 9.59 Å². The van der Waals surface area contributed by atoms with Crippen molar-refractivity contribution in [3.05, 3.63) is 23.8 Å². The van der Waals surface area contributed by atoms with Crippen LogP contribution in [0.4, 0.5) is 4.79 Å². The third-order valence-electron chi connectivity index (χ3n) is 4.54. The van der Waals surface area contributed by atoms with Crippen molar-refractivity contribution in [1.29, 1.82) is 0 Å². The van der Waals surface area contributed by atoms with Gasteiger partial charge in [0.25, 0.3) is 0 Å². The molecule has 7 heteroatoms. The topological polar surface area (TPSA) is 103 Å². The van der Waals surface area contributed by atoms with Crippen molar-refractivity contribution in [2.24, 2.45) is 5.73 Å². The predicted octanol–water partition coefficient (Wildman–Crippen LogP) is 1.86. The second-order valence-corrected chi connectivity index (χ2v) is 6.09. The Morgan fingerprint density at radius 1 is 1.17 bits per heavy atom. The summed E-state index contributed by atoms with van der Waals surface area (Å²) in [5.74, 6) is 0.735. The number of benzene rings is 1. The van der Waals surface area contributed by atoms with E-state index < -0.39 is 17.5 Å². The number of nitrogens with two attached hydrogens (primary N) is 1. The highest BCUT2D eigenvalue weighted by molar-refractivity contribution is 5.90. The van der Waals surface area contributed by atoms with Crippen molar-refractivity contribution in [3.63, 3.8) is 0 Å². The summed E-state index contributed by atoms with van der Waals surface area (Å²) >= 11 is 0. The highest BCUT2D eigenvalue weighted by Gasteiger charge is 2.41. The fourth-order valence-electron chi connectivity index (χ4n) is 3.07. The number of hydrogen-bond donors (Lipinski definition) is 3. The summed E-state index contributed by atoms with van der Waals surface area (Å²) in [6, 6.07) is 4.77. The first kappa shape index (κ1) is 17.9. The molecule has 0 spiro atoms. The third kappa shape index (κ3) is 3.72. The molecule has 132 valence electrons. The second kappa shape index (κ2) is 7.42. The van der Waals surface area contributed by atoms with Gasteiger partial charge in [0.1, 0.15) is 5.54 Å². The summed E-state index contributed by atoms with van der Waals surface area (Å²) in [7, 11) is 3.13. The number of primary amides is 1. The van der Waals surface area contributed by atoms with Gasteiger partial charge >= 0.3 is 6.03 Å². The average molecular weight is 335 g/mol. The van der Waals surface area contributed by atoms with Gasteiger partial charge in [0.15, 0.2) is 11.5 Å². The minimum absolute atomic E-state index is 0.267. The number of urea groups is 1. The lowest BCUT2D eigenvalue weighted by Gasteiger charge is -2.27. The van der Waals surface area contributed by atoms with Gasteiger partial charge < -0.3 is 25.8 Å². The first-order valence-electron chi connectivity index (χ1n) is 8.02. The quantitative estimate of drug-likeness (QED) is 0.738. The largest absolute Gasteiger partial charge is 0.493 e. The highest BCUT2D eigenvalue weighted by Crippen LogP contribution is 2.31. The molecule has 1 aromatic rings. The van der Waals surface area contributed by atoms with Gasteiger partial charge in [-0.05, 0) is 37.5 Å². The summed E-state index contributed by atoms with van der Waals surface area (Å²) in [5, 5.41) is 5.60. The van der Waals surface area contributed by atoms with E-state index in [1.807, 2.05) is 19.1 Å². The highest BCUT2D eigenvalue weighted by atomic mass is 16.5. The SMILES string of the molecule is COc1ccc([C@@H](C)NC(=O)NC2(C(N)=O)CCCC2)cc1OC. The number of rotatable bonds is 6. The van der Waals surface area contributed by atoms with E-state index in [0.717, 1.165) is 18.4 Å². The Balaban J connectivity index is 2.05. The van der Waals surface area contributed by atoms with Crippen LogP contribution < -0.4 is 25.8 Å². The van der Waals surface area contributed by atoms with Crippen LogP contribution in [0.15, 0.2) is 18.2 Å². The Labute approximate surface area is 141 Å². The van der Waals surface area contributed by atoms with Crippen molar-refractivity contribution in [2.45, 2.75) is 44.2 Å². The van der Waals surface area contributed by atoms with Crippen molar-refractivity contribution in [1.82, 2.24) is 10.6 Å². The molecule has 0 saturated heterocycles. The van der Waals surface area contributed by atoms with E-state index in [0.29, 0.717) is 24.3 Å². The smallest absolute Gasteiger partial charge is 0.316 e. The number of carbonyl (C=O) groups excluding carboxylic acids is 2. The second-order valence-electron chi connectivity index (χ2n) is 6.09. The van der Waals surface area contributed by atoms with Crippen LogP contribution in [0, 0.1) is 0 Å². The fourth-order valence-corrected chi connectivity index (χ4v) is 3.07. The molecule has 3 amide bonds. The standard InChI is InChI=1S/C17H25N3O4/c1-11(12-6-7-13(23-2)14(10-12)24-3)19-16(22)20-17(15(18)21)8-4-5-9-17/h6-7,10-11H,4-5,8-9H2,1-3H3,(H2,18,21)(H2,19,20,22)/t11-/m1/s1. The van der Waals surface area contributed by atoms with Crippen molar-refractivity contribution < 1.29 is 19.1 Å². The Hall–Kier alpha value is -2.44. The molecular formula is C17H25N3O4. The lowest BCUT2D eigenvalue weighted by atomic mass is 9.97. The van der Waals surface area contributed by atoms with E-state index in [4.69, 9.17) is 15.2 Å². The van der Waals surface area contributed by atoms with Crippen LogP contribution >= 0.6 is 0 Å². The van der Waals surface area contributed by atoms with Gasteiger partial charge in [0.2, 0.25) is 5.91 Å². The lowest BCUT2D eigenvalue weighted by molar-refractivity contribution is -0.123. The minimum Gasteiger partial charge on any atom is -0.493 e. The minimum atomic E-state index is -0.929. The van der Waals surface area contributed by atoms with Crippen LogP contribution in [0.25, 0.3) is 0 Å². The Morgan fingerprint density at radius 2 is 1.79 bits per heavy atom. The molecule has 0 aromatic heterocycles. The Kier molecular flexibility index (Phi) is 5.54. The van der Waals surface area contributed by atoms with Gasteiger partial charge in [-0.3, -0.25) is 4.79 Å². The summed E-state index contributed by atoms with van der Waals surface area (Å²) in [5.41, 5.74) is 5.42. The van der Waals surface area contributed by atoms with E-state index >= 15 is 0 Å². The molecule has 1 saturated carbocycles. The number of nitrogens with one attached hydrogen (secondary N) is 2. The van der Waals surface area contributed by atoms with Gasteiger partial charge in [-0.1, -0.05) is 18.9 Å². The third-order valence-corrected chi connectivity index (χ3v) is 4.54. The zero-order valence-electron chi connectivity index (χ0n) is 14.3. The molecular weight excluding hydrogens is 310 g/mol. The maximum absolute atomic E-state index is 12.3. The molecule has 0 aliphatic heterocycles. The number of methoxy groups -OCH3 is 2. The number of amides is 3. The van der Waals surface area contributed by atoms with E-state index in [-0.39, 0.29) is 6.04 Å². The number of hydrogen-bond acceptors (Lipinski definition) is 4. The lowest BCUT2D eigenvalue weighted by Crippen LogP contribution is -2.58. The zero-order chi connectivity index (χ0) is 17.7. The maximum atomic E-state index is 12.3. The van der Waals surface area contributed by atoms with Crippen LogP contribution in [-0.2, 0) is 4.79 Å².